The third-order valence-electron chi connectivity index (χ3n) is 3.91. The van der Waals surface area contributed by atoms with Gasteiger partial charge in [-0.05, 0) is 45.6 Å². The first-order valence-electron chi connectivity index (χ1n) is 5.93. The molecule has 0 aromatic rings. The van der Waals surface area contributed by atoms with E-state index in [9.17, 15) is 0 Å². The minimum Gasteiger partial charge on any atom is -0.314 e. The molecule has 0 aliphatic heterocycles. The molecule has 0 aromatic carbocycles. The van der Waals surface area contributed by atoms with Gasteiger partial charge in [-0.2, -0.15) is 0 Å². The molecule has 2 N–H and O–H groups in total. The van der Waals surface area contributed by atoms with Crippen LogP contribution in [0.2, 0.25) is 0 Å². The van der Waals surface area contributed by atoms with Crippen LogP contribution in [0.25, 0.3) is 0 Å². The van der Waals surface area contributed by atoms with Gasteiger partial charge in [0.2, 0.25) is 0 Å². The average Bonchev–Trinajstić information content (AvgIpc) is 2.10. The first kappa shape index (κ1) is 12.0. The Hall–Kier alpha value is -0.0800. The van der Waals surface area contributed by atoms with Crippen LogP contribution in [0.3, 0.4) is 0 Å². The Labute approximate surface area is 88.8 Å². The van der Waals surface area contributed by atoms with E-state index in [1.54, 1.807) is 0 Å². The number of nitrogens with one attached hydrogen (secondary N) is 2. The number of hydrogen-bond donors (Lipinski definition) is 2. The van der Waals surface area contributed by atoms with Gasteiger partial charge in [-0.3, -0.25) is 0 Å². The maximum absolute atomic E-state index is 3.61. The summed E-state index contributed by atoms with van der Waals surface area (Å²) in [5.74, 6) is 0. The average molecular weight is 198 g/mol. The Morgan fingerprint density at radius 2 is 1.93 bits per heavy atom. The number of rotatable bonds is 6. The second kappa shape index (κ2) is 4.63. The van der Waals surface area contributed by atoms with Crippen molar-refractivity contribution in [2.24, 2.45) is 5.41 Å². The van der Waals surface area contributed by atoms with E-state index in [2.05, 4.69) is 31.4 Å². The zero-order valence-corrected chi connectivity index (χ0v) is 10.2. The molecule has 0 aromatic heterocycles. The molecule has 14 heavy (non-hydrogen) atoms. The van der Waals surface area contributed by atoms with Gasteiger partial charge in [0.15, 0.2) is 0 Å². The monoisotopic (exact) mass is 198 g/mol. The topological polar surface area (TPSA) is 24.1 Å². The molecule has 2 heteroatoms. The maximum Gasteiger partial charge on any atom is 0.0246 e. The van der Waals surface area contributed by atoms with Crippen molar-refractivity contribution in [3.63, 3.8) is 0 Å². The van der Waals surface area contributed by atoms with Gasteiger partial charge in [0.25, 0.3) is 0 Å². The van der Waals surface area contributed by atoms with Gasteiger partial charge >= 0.3 is 0 Å². The lowest BCUT2D eigenvalue weighted by atomic mass is 9.67. The molecular formula is C12H26N2. The minimum absolute atomic E-state index is 0.221. The molecule has 84 valence electrons. The fourth-order valence-electron chi connectivity index (χ4n) is 2.06. The fraction of sp³-hybridized carbons (Fsp3) is 1.00. The lowest BCUT2D eigenvalue weighted by Crippen LogP contribution is -2.49. The summed E-state index contributed by atoms with van der Waals surface area (Å²) in [6, 6.07) is 0. The zero-order chi connectivity index (χ0) is 10.7. The van der Waals surface area contributed by atoms with E-state index >= 15 is 0 Å². The van der Waals surface area contributed by atoms with E-state index in [1.807, 2.05) is 7.05 Å². The summed E-state index contributed by atoms with van der Waals surface area (Å²) in [5, 5.41) is 6.93. The van der Waals surface area contributed by atoms with Crippen molar-refractivity contribution in [1.82, 2.24) is 10.6 Å². The van der Waals surface area contributed by atoms with Crippen LogP contribution >= 0.6 is 0 Å². The predicted octanol–water partition coefficient (Wildman–Crippen LogP) is 2.15. The molecule has 2 nitrogen and oxygen atoms in total. The van der Waals surface area contributed by atoms with Gasteiger partial charge in [0.1, 0.15) is 0 Å². The van der Waals surface area contributed by atoms with Gasteiger partial charge < -0.3 is 10.6 Å². The van der Waals surface area contributed by atoms with E-state index in [0.29, 0.717) is 5.41 Å². The molecule has 0 radical (unpaired) electrons. The van der Waals surface area contributed by atoms with Gasteiger partial charge in [-0.15, -0.1) is 0 Å². The molecule has 1 saturated carbocycles. The molecule has 0 bridgehead atoms. The highest BCUT2D eigenvalue weighted by Gasteiger charge is 2.34. The summed E-state index contributed by atoms with van der Waals surface area (Å²) < 4.78 is 0. The third kappa shape index (κ3) is 2.96. The molecule has 1 aliphatic carbocycles. The highest BCUT2D eigenvalue weighted by molar-refractivity contribution is 4.89. The molecule has 0 spiro atoms. The molecule has 1 aliphatic rings. The lowest BCUT2D eigenvalue weighted by Gasteiger charge is -2.42. The maximum atomic E-state index is 3.61. The standard InChI is InChI=1S/C12H26N2/c1-5-12(7-6-8-12)10-14-9-11(2,3)13-4/h13-14H,5-10H2,1-4H3. The Morgan fingerprint density at radius 3 is 2.29 bits per heavy atom. The largest absolute Gasteiger partial charge is 0.314 e. The molecule has 1 rings (SSSR count). The summed E-state index contributed by atoms with van der Waals surface area (Å²) in [6.45, 7) is 9.06. The van der Waals surface area contributed by atoms with Crippen LogP contribution in [-0.2, 0) is 0 Å². The fourth-order valence-corrected chi connectivity index (χ4v) is 2.06. The highest BCUT2D eigenvalue weighted by Crippen LogP contribution is 2.42. The summed E-state index contributed by atoms with van der Waals surface area (Å²) in [4.78, 5) is 0. The molecular weight excluding hydrogens is 172 g/mol. The van der Waals surface area contributed by atoms with Crippen molar-refractivity contribution in [3.8, 4) is 0 Å². The number of likely N-dealkylation sites (N-methyl/N-ethyl adjacent to an activating group) is 1. The van der Waals surface area contributed by atoms with Crippen LogP contribution in [-0.4, -0.2) is 25.7 Å². The smallest absolute Gasteiger partial charge is 0.0246 e. The lowest BCUT2D eigenvalue weighted by molar-refractivity contribution is 0.121. The normalized spacial score (nSPS) is 20.6. The summed E-state index contributed by atoms with van der Waals surface area (Å²) >= 11 is 0. The van der Waals surface area contributed by atoms with Crippen LogP contribution in [0.15, 0.2) is 0 Å². The first-order chi connectivity index (χ1) is 6.54. The SMILES string of the molecule is CCC1(CNCC(C)(C)NC)CCC1. The number of hydrogen-bond acceptors (Lipinski definition) is 2. The summed E-state index contributed by atoms with van der Waals surface area (Å²) in [6.07, 6.45) is 5.62. The van der Waals surface area contributed by atoms with Gasteiger partial charge in [-0.25, -0.2) is 0 Å². The van der Waals surface area contributed by atoms with E-state index in [-0.39, 0.29) is 5.54 Å². The zero-order valence-electron chi connectivity index (χ0n) is 10.2. The van der Waals surface area contributed by atoms with Crippen LogP contribution in [0, 0.1) is 5.41 Å². The molecule has 0 saturated heterocycles. The van der Waals surface area contributed by atoms with Crippen molar-refractivity contribution in [1.29, 1.82) is 0 Å². The van der Waals surface area contributed by atoms with Crippen molar-refractivity contribution in [2.75, 3.05) is 20.1 Å². The van der Waals surface area contributed by atoms with Crippen LogP contribution in [0.4, 0.5) is 0 Å². The molecule has 0 atom stereocenters. The van der Waals surface area contributed by atoms with Crippen LogP contribution in [0.5, 0.6) is 0 Å². The molecule has 0 heterocycles. The second-order valence-electron chi connectivity index (χ2n) is 5.44. The Kier molecular flexibility index (Phi) is 3.96. The van der Waals surface area contributed by atoms with Gasteiger partial charge in [0.05, 0.1) is 0 Å². The van der Waals surface area contributed by atoms with Crippen molar-refractivity contribution in [3.05, 3.63) is 0 Å². The Bertz CT molecular complexity index is 166. The van der Waals surface area contributed by atoms with E-state index < -0.39 is 0 Å². The van der Waals surface area contributed by atoms with Crippen LogP contribution < -0.4 is 10.6 Å². The second-order valence-corrected chi connectivity index (χ2v) is 5.44. The molecule has 1 fully saturated rings. The Balaban J connectivity index is 2.20. The third-order valence-corrected chi connectivity index (χ3v) is 3.91. The van der Waals surface area contributed by atoms with Gasteiger partial charge in [-0.1, -0.05) is 13.3 Å². The summed E-state index contributed by atoms with van der Waals surface area (Å²) in [7, 11) is 2.03. The van der Waals surface area contributed by atoms with E-state index in [4.69, 9.17) is 0 Å². The van der Waals surface area contributed by atoms with Crippen molar-refractivity contribution < 1.29 is 0 Å². The quantitative estimate of drug-likeness (QED) is 0.683. The highest BCUT2D eigenvalue weighted by atomic mass is 15.0. The minimum atomic E-state index is 0.221. The molecule has 0 amide bonds. The Morgan fingerprint density at radius 1 is 1.29 bits per heavy atom. The predicted molar refractivity (Wildman–Crippen MR) is 62.6 cm³/mol. The van der Waals surface area contributed by atoms with E-state index in [0.717, 1.165) is 6.54 Å². The van der Waals surface area contributed by atoms with Crippen molar-refractivity contribution >= 4 is 0 Å². The first-order valence-corrected chi connectivity index (χ1v) is 5.93. The van der Waals surface area contributed by atoms with Crippen LogP contribution in [0.1, 0.15) is 46.5 Å². The van der Waals surface area contributed by atoms with Crippen molar-refractivity contribution in [2.45, 2.75) is 52.0 Å². The molecule has 0 unspecified atom stereocenters. The summed E-state index contributed by atoms with van der Waals surface area (Å²) in [5.41, 5.74) is 0.864. The van der Waals surface area contributed by atoms with E-state index in [1.165, 1.54) is 32.2 Å². The van der Waals surface area contributed by atoms with Gasteiger partial charge in [0, 0.05) is 18.6 Å².